The summed E-state index contributed by atoms with van der Waals surface area (Å²) < 4.78 is 0.101. The minimum atomic E-state index is -0.132. The van der Waals surface area contributed by atoms with Crippen molar-refractivity contribution in [1.82, 2.24) is 0 Å². The molecule has 1 aliphatic heterocycles. The third kappa shape index (κ3) is 1.31. The lowest BCUT2D eigenvalue weighted by molar-refractivity contribution is 0.138. The Morgan fingerprint density at radius 2 is 2.20 bits per heavy atom. The number of hydrogen-bond acceptors (Lipinski definition) is 3. The van der Waals surface area contributed by atoms with Crippen LogP contribution in [0.25, 0.3) is 0 Å². The van der Waals surface area contributed by atoms with E-state index >= 15 is 0 Å². The summed E-state index contributed by atoms with van der Waals surface area (Å²) >= 11 is 0. The summed E-state index contributed by atoms with van der Waals surface area (Å²) in [7, 11) is 3.63. The average Bonchev–Trinajstić information content (AvgIpc) is 2.19. The monoisotopic (exact) mass is 178 g/mol. The van der Waals surface area contributed by atoms with E-state index in [1.54, 1.807) is 10.8 Å². The maximum absolute atomic E-state index is 9.68. The van der Waals surface area contributed by atoms with Crippen LogP contribution in [-0.2, 0) is 0 Å². The van der Waals surface area contributed by atoms with E-state index in [2.05, 4.69) is 20.8 Å². The fraction of sp³-hybridized carbons (Fsp3) is 1.00. The zero-order valence-electron chi connectivity index (χ0n) is 6.63. The van der Waals surface area contributed by atoms with Gasteiger partial charge in [0.2, 0.25) is 0 Å². The Kier molecular flexibility index (Phi) is 2.59. The summed E-state index contributed by atoms with van der Waals surface area (Å²) in [6.45, 7) is 6.36. The van der Waals surface area contributed by atoms with Crippen LogP contribution in [0.1, 0.15) is 27.2 Å². The summed E-state index contributed by atoms with van der Waals surface area (Å²) in [5, 5.41) is 10.1. The van der Waals surface area contributed by atoms with Gasteiger partial charge < -0.3 is 5.11 Å². The summed E-state index contributed by atoms with van der Waals surface area (Å²) in [4.78, 5) is 0. The molecule has 0 radical (unpaired) electrons. The normalized spacial score (nSPS) is 48.0. The first-order valence-electron chi connectivity index (χ1n) is 3.62. The van der Waals surface area contributed by atoms with E-state index in [0.717, 1.165) is 6.42 Å². The molecule has 0 aromatic carbocycles. The van der Waals surface area contributed by atoms with Crippen LogP contribution in [-0.4, -0.2) is 21.2 Å². The van der Waals surface area contributed by atoms with Gasteiger partial charge in [-0.2, -0.15) is 0 Å². The minimum absolute atomic E-state index is 0.101. The molecule has 1 aliphatic rings. The Balaban J connectivity index is 2.64. The number of rotatable bonds is 1. The lowest BCUT2D eigenvalue weighted by Crippen LogP contribution is -2.35. The van der Waals surface area contributed by atoms with E-state index in [1.165, 1.54) is 0 Å². The van der Waals surface area contributed by atoms with Crippen LogP contribution < -0.4 is 0 Å². The predicted octanol–water partition coefficient (Wildman–Crippen LogP) is 2.30. The van der Waals surface area contributed by atoms with Crippen LogP contribution in [0.2, 0.25) is 0 Å². The predicted molar refractivity (Wildman–Crippen MR) is 49.3 cm³/mol. The Bertz CT molecular complexity index is 129. The lowest BCUT2D eigenvalue weighted by atomic mass is 9.98. The second-order valence-electron chi connectivity index (χ2n) is 3.00. The van der Waals surface area contributed by atoms with Gasteiger partial charge in [0.15, 0.2) is 0 Å². The third-order valence-electron chi connectivity index (χ3n) is 2.16. The van der Waals surface area contributed by atoms with Crippen LogP contribution in [0.3, 0.4) is 0 Å². The van der Waals surface area contributed by atoms with Gasteiger partial charge in [-0.1, -0.05) is 28.5 Å². The number of aliphatic hydroxyl groups is 1. The summed E-state index contributed by atoms with van der Waals surface area (Å²) in [6, 6.07) is 0. The van der Waals surface area contributed by atoms with E-state index in [0.29, 0.717) is 5.25 Å². The fourth-order valence-electron chi connectivity index (χ4n) is 1.05. The maximum Gasteiger partial charge on any atom is 0.0816 e. The van der Waals surface area contributed by atoms with Crippen molar-refractivity contribution in [1.29, 1.82) is 0 Å². The second-order valence-corrected chi connectivity index (χ2v) is 6.11. The molecule has 3 unspecified atom stereocenters. The van der Waals surface area contributed by atoms with E-state index in [9.17, 15) is 5.11 Å². The quantitative estimate of drug-likeness (QED) is 0.622. The second kappa shape index (κ2) is 2.95. The van der Waals surface area contributed by atoms with Gasteiger partial charge in [-0.15, -0.1) is 0 Å². The van der Waals surface area contributed by atoms with Gasteiger partial charge in [-0.3, -0.25) is 0 Å². The molecule has 0 aliphatic carbocycles. The molecule has 1 heterocycles. The molecule has 1 N–H and O–H groups in total. The molecule has 1 saturated heterocycles. The molecule has 3 atom stereocenters. The summed E-state index contributed by atoms with van der Waals surface area (Å²) in [6.07, 6.45) is 0.920. The molecular weight excluding hydrogens is 164 g/mol. The van der Waals surface area contributed by atoms with Crippen LogP contribution in [0.5, 0.6) is 0 Å². The molecule has 60 valence electrons. The molecule has 10 heavy (non-hydrogen) atoms. The SMILES string of the molecule is CCC1(C)SSC(C)C1O. The van der Waals surface area contributed by atoms with Gasteiger partial charge in [0.05, 0.1) is 10.9 Å². The first-order valence-corrected chi connectivity index (χ1v) is 5.84. The van der Waals surface area contributed by atoms with Gasteiger partial charge in [0.1, 0.15) is 0 Å². The van der Waals surface area contributed by atoms with Crippen molar-refractivity contribution in [3.63, 3.8) is 0 Å². The highest BCUT2D eigenvalue weighted by Crippen LogP contribution is 2.52. The maximum atomic E-state index is 9.68. The van der Waals surface area contributed by atoms with Crippen LogP contribution in [0, 0.1) is 0 Å². The molecule has 1 nitrogen and oxygen atoms in total. The largest absolute Gasteiger partial charge is 0.390 e. The van der Waals surface area contributed by atoms with Crippen LogP contribution in [0.15, 0.2) is 0 Å². The molecule has 0 bridgehead atoms. The lowest BCUT2D eigenvalue weighted by Gasteiger charge is -2.24. The zero-order chi connectivity index (χ0) is 7.78. The Labute approximate surface area is 70.4 Å². The highest BCUT2D eigenvalue weighted by molar-refractivity contribution is 8.77. The van der Waals surface area contributed by atoms with Gasteiger partial charge in [0.25, 0.3) is 0 Å². The molecule has 1 rings (SSSR count). The first kappa shape index (κ1) is 8.75. The van der Waals surface area contributed by atoms with Crippen molar-refractivity contribution in [3.05, 3.63) is 0 Å². The Morgan fingerprint density at radius 3 is 2.40 bits per heavy atom. The Morgan fingerprint density at radius 1 is 1.60 bits per heavy atom. The van der Waals surface area contributed by atoms with Crippen molar-refractivity contribution < 1.29 is 5.11 Å². The van der Waals surface area contributed by atoms with E-state index in [-0.39, 0.29) is 10.9 Å². The summed E-state index contributed by atoms with van der Waals surface area (Å²) in [5.41, 5.74) is 0. The van der Waals surface area contributed by atoms with E-state index in [1.807, 2.05) is 10.8 Å². The van der Waals surface area contributed by atoms with Crippen molar-refractivity contribution in [2.24, 2.45) is 0 Å². The molecular formula is C7H14OS2. The standard InChI is InChI=1S/C7H14OS2/c1-4-7(3)6(8)5(2)9-10-7/h5-6,8H,4H2,1-3H3. The Hall–Kier alpha value is 0.660. The van der Waals surface area contributed by atoms with Crippen molar-refractivity contribution >= 4 is 21.6 Å². The number of hydrogen-bond donors (Lipinski definition) is 1. The minimum Gasteiger partial charge on any atom is -0.390 e. The molecule has 0 spiro atoms. The smallest absolute Gasteiger partial charge is 0.0816 e. The van der Waals surface area contributed by atoms with Crippen molar-refractivity contribution in [3.8, 4) is 0 Å². The number of aliphatic hydroxyl groups excluding tert-OH is 1. The molecule has 0 saturated carbocycles. The average molecular weight is 178 g/mol. The molecule has 3 heteroatoms. The zero-order valence-corrected chi connectivity index (χ0v) is 8.26. The van der Waals surface area contributed by atoms with Gasteiger partial charge in [-0.05, 0) is 20.3 Å². The van der Waals surface area contributed by atoms with E-state index in [4.69, 9.17) is 0 Å². The molecule has 0 amide bonds. The third-order valence-corrected chi connectivity index (χ3v) is 6.07. The highest BCUT2D eigenvalue weighted by atomic mass is 33.1. The topological polar surface area (TPSA) is 20.2 Å². The van der Waals surface area contributed by atoms with Crippen LogP contribution >= 0.6 is 21.6 Å². The molecule has 0 aromatic heterocycles. The van der Waals surface area contributed by atoms with Gasteiger partial charge in [-0.25, -0.2) is 0 Å². The summed E-state index contributed by atoms with van der Waals surface area (Å²) in [5.74, 6) is 0. The van der Waals surface area contributed by atoms with E-state index < -0.39 is 0 Å². The van der Waals surface area contributed by atoms with Crippen molar-refractivity contribution in [2.45, 2.75) is 43.3 Å². The van der Waals surface area contributed by atoms with Crippen molar-refractivity contribution in [2.75, 3.05) is 0 Å². The first-order chi connectivity index (χ1) is 4.60. The highest BCUT2D eigenvalue weighted by Gasteiger charge is 2.42. The van der Waals surface area contributed by atoms with Gasteiger partial charge >= 0.3 is 0 Å². The fourth-order valence-corrected chi connectivity index (χ4v) is 4.42. The molecule has 0 aromatic rings. The molecule has 1 fully saturated rings. The van der Waals surface area contributed by atoms with Gasteiger partial charge in [0, 0.05) is 5.25 Å². The van der Waals surface area contributed by atoms with Crippen LogP contribution in [0.4, 0.5) is 0 Å².